The molecule has 0 fully saturated rings. The molecule has 1 atom stereocenters. The Balaban J connectivity index is 2.25. The molecular formula is C12H18O4. The number of aliphatic hydroxyl groups is 1. The van der Waals surface area contributed by atoms with Crippen LogP contribution in [0.3, 0.4) is 0 Å². The molecule has 4 nitrogen and oxygen atoms in total. The third-order valence-electron chi connectivity index (χ3n) is 2.22. The third-order valence-corrected chi connectivity index (χ3v) is 2.22. The molecule has 1 unspecified atom stereocenters. The van der Waals surface area contributed by atoms with E-state index in [1.54, 1.807) is 0 Å². The van der Waals surface area contributed by atoms with Crippen LogP contribution in [0.4, 0.5) is 0 Å². The van der Waals surface area contributed by atoms with E-state index >= 15 is 0 Å². The second-order valence-corrected chi connectivity index (χ2v) is 3.34. The molecule has 1 aromatic carbocycles. The minimum Gasteiger partial charge on any atom is -0.364 e. The normalized spacial score (nSPS) is 13.0. The molecule has 0 aliphatic heterocycles. The molecule has 0 heterocycles. The van der Waals surface area contributed by atoms with Gasteiger partial charge in [-0.15, -0.1) is 0 Å². The first-order chi connectivity index (χ1) is 7.77. The van der Waals surface area contributed by atoms with Gasteiger partial charge in [-0.2, -0.15) is 0 Å². The van der Waals surface area contributed by atoms with E-state index in [-0.39, 0.29) is 0 Å². The van der Waals surface area contributed by atoms with Gasteiger partial charge in [0.05, 0.1) is 6.61 Å². The maximum absolute atomic E-state index is 9.51. The van der Waals surface area contributed by atoms with E-state index in [1.807, 2.05) is 30.3 Å². The number of rotatable bonds is 7. The highest BCUT2D eigenvalue weighted by molar-refractivity contribution is 5.14. The molecule has 4 heteroatoms. The van der Waals surface area contributed by atoms with Gasteiger partial charge in [0.25, 0.3) is 0 Å². The van der Waals surface area contributed by atoms with E-state index in [9.17, 15) is 5.11 Å². The predicted molar refractivity (Wildman–Crippen MR) is 59.9 cm³/mol. The maximum atomic E-state index is 9.51. The number of aliphatic hydroxyl groups excluding tert-OH is 1. The summed E-state index contributed by atoms with van der Waals surface area (Å²) in [5.74, 6) is 0. The van der Waals surface area contributed by atoms with Gasteiger partial charge >= 0.3 is 0 Å². The summed E-state index contributed by atoms with van der Waals surface area (Å²) in [4.78, 5) is 0. The quantitative estimate of drug-likeness (QED) is 0.709. The lowest BCUT2D eigenvalue weighted by Crippen LogP contribution is -2.32. The van der Waals surface area contributed by atoms with Crippen LogP contribution >= 0.6 is 0 Å². The van der Waals surface area contributed by atoms with Crippen LogP contribution in [0.5, 0.6) is 0 Å². The zero-order chi connectivity index (χ0) is 11.8. The Morgan fingerprint density at radius 2 is 1.75 bits per heavy atom. The summed E-state index contributed by atoms with van der Waals surface area (Å²) in [7, 11) is 2.91. The SMILES string of the molecule is COC(OC)C(O)OCCc1ccccc1. The van der Waals surface area contributed by atoms with E-state index in [1.165, 1.54) is 19.8 Å². The Morgan fingerprint density at radius 1 is 1.12 bits per heavy atom. The summed E-state index contributed by atoms with van der Waals surface area (Å²) < 4.78 is 14.9. The van der Waals surface area contributed by atoms with Crippen molar-refractivity contribution < 1.29 is 19.3 Å². The lowest BCUT2D eigenvalue weighted by atomic mass is 10.2. The van der Waals surface area contributed by atoms with Crippen molar-refractivity contribution >= 4 is 0 Å². The average molecular weight is 226 g/mol. The number of ether oxygens (including phenoxy) is 3. The summed E-state index contributed by atoms with van der Waals surface area (Å²) in [6.45, 7) is 0.425. The fraction of sp³-hybridized carbons (Fsp3) is 0.500. The molecule has 0 saturated carbocycles. The molecule has 16 heavy (non-hydrogen) atoms. The lowest BCUT2D eigenvalue weighted by Gasteiger charge is -2.19. The van der Waals surface area contributed by atoms with Crippen molar-refractivity contribution in [3.8, 4) is 0 Å². The van der Waals surface area contributed by atoms with Gasteiger partial charge in [-0.1, -0.05) is 30.3 Å². The number of methoxy groups -OCH3 is 2. The van der Waals surface area contributed by atoms with Gasteiger partial charge < -0.3 is 19.3 Å². The van der Waals surface area contributed by atoms with Gasteiger partial charge in [-0.05, 0) is 12.0 Å². The van der Waals surface area contributed by atoms with Crippen molar-refractivity contribution in [2.75, 3.05) is 20.8 Å². The van der Waals surface area contributed by atoms with Crippen LogP contribution in [-0.2, 0) is 20.6 Å². The molecule has 0 aliphatic carbocycles. The van der Waals surface area contributed by atoms with Gasteiger partial charge in [0.15, 0.2) is 0 Å². The molecule has 90 valence electrons. The molecule has 0 spiro atoms. The standard InChI is InChI=1S/C12H18O4/c1-14-12(15-2)11(13)16-9-8-10-6-4-3-5-7-10/h3-7,11-13H,8-9H2,1-2H3. The highest BCUT2D eigenvalue weighted by Crippen LogP contribution is 2.04. The summed E-state index contributed by atoms with van der Waals surface area (Å²) in [5.41, 5.74) is 1.17. The lowest BCUT2D eigenvalue weighted by molar-refractivity contribution is -0.252. The Bertz CT molecular complexity index is 272. The number of hydrogen-bond acceptors (Lipinski definition) is 4. The second kappa shape index (κ2) is 7.35. The zero-order valence-electron chi connectivity index (χ0n) is 9.63. The van der Waals surface area contributed by atoms with Crippen molar-refractivity contribution in [3.05, 3.63) is 35.9 Å². The maximum Gasteiger partial charge on any atom is 0.208 e. The van der Waals surface area contributed by atoms with E-state index < -0.39 is 12.6 Å². The molecule has 1 rings (SSSR count). The highest BCUT2D eigenvalue weighted by atomic mass is 16.7. The molecule has 0 bridgehead atoms. The third kappa shape index (κ3) is 4.28. The Morgan fingerprint density at radius 3 is 2.31 bits per heavy atom. The van der Waals surface area contributed by atoms with Crippen molar-refractivity contribution in [3.63, 3.8) is 0 Å². The van der Waals surface area contributed by atoms with E-state index in [0.29, 0.717) is 6.61 Å². The first-order valence-corrected chi connectivity index (χ1v) is 5.17. The summed E-state index contributed by atoms with van der Waals surface area (Å²) in [6.07, 6.45) is -1.05. The first kappa shape index (κ1) is 13.1. The number of hydrogen-bond donors (Lipinski definition) is 1. The topological polar surface area (TPSA) is 47.9 Å². The van der Waals surface area contributed by atoms with Crippen molar-refractivity contribution in [2.24, 2.45) is 0 Å². The fourth-order valence-corrected chi connectivity index (χ4v) is 1.35. The molecule has 0 amide bonds. The van der Waals surface area contributed by atoms with E-state index in [4.69, 9.17) is 14.2 Å². The fourth-order valence-electron chi connectivity index (χ4n) is 1.35. The summed E-state index contributed by atoms with van der Waals surface area (Å²) in [5, 5.41) is 9.51. The Hall–Kier alpha value is -0.940. The van der Waals surface area contributed by atoms with Crippen LogP contribution < -0.4 is 0 Å². The minimum atomic E-state index is -1.06. The van der Waals surface area contributed by atoms with Crippen molar-refractivity contribution in [1.29, 1.82) is 0 Å². The van der Waals surface area contributed by atoms with Gasteiger partial charge in [0, 0.05) is 14.2 Å². The first-order valence-electron chi connectivity index (χ1n) is 5.17. The molecule has 0 radical (unpaired) electrons. The summed E-state index contributed by atoms with van der Waals surface area (Å²) in [6, 6.07) is 9.93. The van der Waals surface area contributed by atoms with E-state index in [2.05, 4.69) is 0 Å². The molecule has 0 aromatic heterocycles. The zero-order valence-corrected chi connectivity index (χ0v) is 9.63. The van der Waals surface area contributed by atoms with Gasteiger partial charge in [0.1, 0.15) is 0 Å². The van der Waals surface area contributed by atoms with Crippen LogP contribution in [0.25, 0.3) is 0 Å². The van der Waals surface area contributed by atoms with Crippen LogP contribution in [0.1, 0.15) is 5.56 Å². The molecular weight excluding hydrogens is 208 g/mol. The molecule has 1 N–H and O–H groups in total. The van der Waals surface area contributed by atoms with E-state index in [0.717, 1.165) is 6.42 Å². The van der Waals surface area contributed by atoms with Crippen LogP contribution in [0.2, 0.25) is 0 Å². The van der Waals surface area contributed by atoms with Crippen LogP contribution in [0.15, 0.2) is 30.3 Å². The molecule has 0 aliphatic rings. The van der Waals surface area contributed by atoms with Gasteiger partial charge in [-0.3, -0.25) is 0 Å². The van der Waals surface area contributed by atoms with Gasteiger partial charge in [0.2, 0.25) is 12.6 Å². The van der Waals surface area contributed by atoms with Crippen LogP contribution in [-0.4, -0.2) is 38.5 Å². The van der Waals surface area contributed by atoms with Crippen molar-refractivity contribution in [2.45, 2.75) is 19.0 Å². The number of benzene rings is 1. The predicted octanol–water partition coefficient (Wildman–Crippen LogP) is 1.18. The minimum absolute atomic E-state index is 0.425. The highest BCUT2D eigenvalue weighted by Gasteiger charge is 2.17. The average Bonchev–Trinajstić information content (AvgIpc) is 2.32. The Labute approximate surface area is 95.8 Å². The molecule has 1 aromatic rings. The monoisotopic (exact) mass is 226 g/mol. The Kier molecular flexibility index (Phi) is 6.03. The molecule has 0 saturated heterocycles. The summed E-state index contributed by atoms with van der Waals surface area (Å²) >= 11 is 0. The largest absolute Gasteiger partial charge is 0.364 e. The van der Waals surface area contributed by atoms with Crippen molar-refractivity contribution in [1.82, 2.24) is 0 Å². The van der Waals surface area contributed by atoms with Crippen LogP contribution in [0, 0.1) is 0 Å². The smallest absolute Gasteiger partial charge is 0.208 e. The van der Waals surface area contributed by atoms with Gasteiger partial charge in [-0.25, -0.2) is 0 Å². The second-order valence-electron chi connectivity index (χ2n) is 3.34.